The number of nitriles is 1. The Kier molecular flexibility index (Phi) is 7.55. The van der Waals surface area contributed by atoms with Gasteiger partial charge in [-0.15, -0.1) is 11.3 Å². The number of thiazole rings is 1. The van der Waals surface area contributed by atoms with Gasteiger partial charge in [-0.05, 0) is 39.2 Å². The van der Waals surface area contributed by atoms with Gasteiger partial charge >= 0.3 is 5.97 Å². The summed E-state index contributed by atoms with van der Waals surface area (Å²) in [6.07, 6.45) is 3.17. The lowest BCUT2D eigenvalue weighted by molar-refractivity contribution is -0.130. The molecule has 11 heteroatoms. The Morgan fingerprint density at radius 3 is 2.65 bits per heavy atom. The number of hydrogen-bond donors (Lipinski definition) is 3. The number of carbonyl (C=O) groups is 2. The highest BCUT2D eigenvalue weighted by atomic mass is 32.1. The minimum Gasteiger partial charge on any atom is -0.477 e. The third-order valence-corrected chi connectivity index (χ3v) is 6.41. The Balaban J connectivity index is 1.97. The largest absolute Gasteiger partial charge is 0.477 e. The number of fused-ring (bicyclic) bond motifs is 1. The molecule has 0 unspecified atom stereocenters. The molecule has 0 radical (unpaired) electrons. The van der Waals surface area contributed by atoms with Gasteiger partial charge in [0.25, 0.3) is 11.5 Å². The van der Waals surface area contributed by atoms with E-state index in [1.807, 2.05) is 31.1 Å². The molecule has 0 fully saturated rings. The molecule has 10 nitrogen and oxygen atoms in total. The highest BCUT2D eigenvalue weighted by molar-refractivity contribution is 7.07. The topological polar surface area (TPSA) is 134 Å². The normalized spacial score (nSPS) is 12.6. The summed E-state index contributed by atoms with van der Waals surface area (Å²) < 4.78 is 1.63. The van der Waals surface area contributed by atoms with Crippen LogP contribution in [0.4, 0.5) is 5.69 Å². The molecule has 0 aliphatic carbocycles. The molecular formula is C23H26N6O4S. The van der Waals surface area contributed by atoms with E-state index in [0.717, 1.165) is 28.8 Å². The van der Waals surface area contributed by atoms with Gasteiger partial charge in [0.05, 0.1) is 5.56 Å². The van der Waals surface area contributed by atoms with Crippen LogP contribution in [0.2, 0.25) is 0 Å². The van der Waals surface area contributed by atoms with Crippen LogP contribution in [0.15, 0.2) is 29.2 Å². The van der Waals surface area contributed by atoms with Gasteiger partial charge in [0.15, 0.2) is 5.57 Å². The average molecular weight is 483 g/mol. The van der Waals surface area contributed by atoms with Crippen molar-refractivity contribution >= 4 is 51.6 Å². The first-order valence-corrected chi connectivity index (χ1v) is 11.3. The van der Waals surface area contributed by atoms with Crippen LogP contribution in [-0.2, 0) is 11.3 Å². The van der Waals surface area contributed by atoms with Crippen molar-refractivity contribution in [2.24, 2.45) is 0 Å². The van der Waals surface area contributed by atoms with Crippen LogP contribution in [0, 0.1) is 11.3 Å². The van der Waals surface area contributed by atoms with E-state index in [1.165, 1.54) is 10.8 Å². The highest BCUT2D eigenvalue weighted by Gasteiger charge is 2.17. The zero-order chi connectivity index (χ0) is 25.0. The van der Waals surface area contributed by atoms with E-state index in [-0.39, 0.29) is 27.2 Å². The minimum absolute atomic E-state index is 0.101. The number of carboxylic acid groups (broad SMARTS) is 1. The molecule has 0 bridgehead atoms. The maximum Gasteiger partial charge on any atom is 0.349 e. The second-order valence-corrected chi connectivity index (χ2v) is 8.92. The van der Waals surface area contributed by atoms with Crippen molar-refractivity contribution in [2.45, 2.75) is 13.5 Å². The van der Waals surface area contributed by atoms with E-state index in [0.29, 0.717) is 17.8 Å². The number of nitrogens with zero attached hydrogens (tertiary/aromatic N) is 4. The molecule has 1 amide bonds. The highest BCUT2D eigenvalue weighted by Crippen LogP contribution is 2.23. The number of amides is 1. The number of carboxylic acids is 1. The zero-order valence-electron chi connectivity index (χ0n) is 19.4. The molecule has 2 aromatic heterocycles. The zero-order valence-corrected chi connectivity index (χ0v) is 20.2. The predicted octanol–water partition coefficient (Wildman–Crippen LogP) is 0.654. The van der Waals surface area contributed by atoms with Crippen molar-refractivity contribution in [2.75, 3.05) is 39.5 Å². The SMILES string of the molecule is CCn1c(=O)/c(=C\Nc2ccc3[nH]cc(C(=O)N(C)CCN(C)C)c3c2)s/c1=C(/C#N)C(=O)O. The number of aromatic nitrogens is 2. The van der Waals surface area contributed by atoms with Crippen molar-refractivity contribution in [1.29, 1.82) is 5.26 Å². The van der Waals surface area contributed by atoms with Gasteiger partial charge in [-0.25, -0.2) is 4.79 Å². The summed E-state index contributed by atoms with van der Waals surface area (Å²) in [7, 11) is 5.66. The van der Waals surface area contributed by atoms with E-state index in [4.69, 9.17) is 0 Å². The number of likely N-dealkylation sites (N-methyl/N-ethyl adjacent to an activating group) is 2. The lowest BCUT2D eigenvalue weighted by atomic mass is 10.1. The fraction of sp³-hybridized carbons (Fsp3) is 0.304. The van der Waals surface area contributed by atoms with E-state index >= 15 is 0 Å². The second kappa shape index (κ2) is 10.4. The van der Waals surface area contributed by atoms with Crippen molar-refractivity contribution in [1.82, 2.24) is 19.4 Å². The Hall–Kier alpha value is -3.88. The van der Waals surface area contributed by atoms with E-state index in [9.17, 15) is 24.8 Å². The predicted molar refractivity (Wildman–Crippen MR) is 132 cm³/mol. The summed E-state index contributed by atoms with van der Waals surface area (Å²) in [6.45, 7) is 3.28. The smallest absolute Gasteiger partial charge is 0.349 e. The molecule has 0 aliphatic rings. The van der Waals surface area contributed by atoms with Gasteiger partial charge in [-0.1, -0.05) is 0 Å². The molecule has 3 rings (SSSR count). The monoisotopic (exact) mass is 482 g/mol. The van der Waals surface area contributed by atoms with Gasteiger partial charge in [-0.3, -0.25) is 14.2 Å². The Labute approximate surface area is 199 Å². The standard InChI is InChI=1S/C23H26N6O4S/c1-5-29-21(31)19(34-22(29)16(11-24)23(32)33)13-25-14-6-7-18-15(10-14)17(12-26-18)20(30)28(4)9-8-27(2)3/h6-7,10,12-13,25-26H,5,8-9H2,1-4H3,(H,32,33)/b19-13+,22-16-. The van der Waals surface area contributed by atoms with E-state index in [2.05, 4.69) is 10.3 Å². The first-order chi connectivity index (χ1) is 16.2. The Morgan fingerprint density at radius 2 is 2.03 bits per heavy atom. The van der Waals surface area contributed by atoms with Gasteiger partial charge in [0, 0.05) is 55.7 Å². The average Bonchev–Trinajstić information content (AvgIpc) is 3.36. The number of carbonyl (C=O) groups excluding carboxylic acids is 1. The summed E-state index contributed by atoms with van der Waals surface area (Å²) >= 11 is 0.937. The Morgan fingerprint density at radius 1 is 1.29 bits per heavy atom. The molecule has 3 N–H and O–H groups in total. The molecule has 0 spiro atoms. The Bertz CT molecular complexity index is 1460. The van der Waals surface area contributed by atoms with Gasteiger partial charge in [0.2, 0.25) is 0 Å². The molecule has 178 valence electrons. The quantitative estimate of drug-likeness (QED) is 0.429. The van der Waals surface area contributed by atoms with Crippen LogP contribution in [0.1, 0.15) is 17.3 Å². The summed E-state index contributed by atoms with van der Waals surface area (Å²) in [5.74, 6) is -1.48. The maximum atomic E-state index is 12.9. The van der Waals surface area contributed by atoms with Crippen LogP contribution in [-0.4, -0.2) is 70.6 Å². The number of anilines is 1. The number of hydrogen-bond acceptors (Lipinski definition) is 7. The van der Waals surface area contributed by atoms with Crippen LogP contribution in [0.5, 0.6) is 0 Å². The number of benzene rings is 1. The fourth-order valence-corrected chi connectivity index (χ4v) is 4.45. The number of aromatic amines is 1. The number of aliphatic carboxylic acids is 1. The summed E-state index contributed by atoms with van der Waals surface area (Å²) in [6, 6.07) is 7.10. The third kappa shape index (κ3) is 5.03. The summed E-state index contributed by atoms with van der Waals surface area (Å²) in [4.78, 5) is 43.8. The molecule has 0 saturated heterocycles. The van der Waals surface area contributed by atoms with Gasteiger partial charge in [-0.2, -0.15) is 5.26 Å². The van der Waals surface area contributed by atoms with Crippen molar-refractivity contribution in [3.63, 3.8) is 0 Å². The van der Waals surface area contributed by atoms with Gasteiger partial charge < -0.3 is 25.2 Å². The van der Waals surface area contributed by atoms with Crippen molar-refractivity contribution < 1.29 is 14.7 Å². The van der Waals surface area contributed by atoms with Gasteiger partial charge in [0.1, 0.15) is 15.3 Å². The lowest BCUT2D eigenvalue weighted by Gasteiger charge is -2.19. The van der Waals surface area contributed by atoms with Crippen molar-refractivity contribution in [3.05, 3.63) is 49.5 Å². The van der Waals surface area contributed by atoms with Crippen LogP contribution < -0.4 is 20.1 Å². The first kappa shape index (κ1) is 24.8. The van der Waals surface area contributed by atoms with E-state index < -0.39 is 11.5 Å². The first-order valence-electron chi connectivity index (χ1n) is 10.5. The van der Waals surface area contributed by atoms with Crippen molar-refractivity contribution in [3.8, 4) is 6.07 Å². The second-order valence-electron chi connectivity index (χ2n) is 7.89. The molecule has 1 aromatic carbocycles. The molecule has 0 aliphatic heterocycles. The third-order valence-electron chi connectivity index (χ3n) is 5.27. The summed E-state index contributed by atoms with van der Waals surface area (Å²) in [5, 5.41) is 22.3. The minimum atomic E-state index is -1.38. The molecule has 0 saturated carbocycles. The number of rotatable bonds is 8. The molecular weight excluding hydrogens is 456 g/mol. The molecule has 34 heavy (non-hydrogen) atoms. The van der Waals surface area contributed by atoms with Crippen LogP contribution >= 0.6 is 11.3 Å². The lowest BCUT2D eigenvalue weighted by Crippen LogP contribution is -2.33. The van der Waals surface area contributed by atoms with E-state index in [1.54, 1.807) is 37.2 Å². The van der Waals surface area contributed by atoms with Crippen LogP contribution in [0.25, 0.3) is 22.7 Å². The number of nitrogens with one attached hydrogen (secondary N) is 2. The molecule has 0 atom stereocenters. The summed E-state index contributed by atoms with van der Waals surface area (Å²) in [5.41, 5.74) is 1.14. The molecule has 2 heterocycles. The maximum absolute atomic E-state index is 12.9. The van der Waals surface area contributed by atoms with Crippen LogP contribution in [0.3, 0.4) is 0 Å². The number of H-pyrrole nitrogens is 1. The fourth-order valence-electron chi connectivity index (χ4n) is 3.37. The molecule has 3 aromatic rings.